The summed E-state index contributed by atoms with van der Waals surface area (Å²) in [6.07, 6.45) is 3.73. The lowest BCUT2D eigenvalue weighted by Gasteiger charge is -2.19. The summed E-state index contributed by atoms with van der Waals surface area (Å²) in [4.78, 5) is 4.16. The highest BCUT2D eigenvalue weighted by molar-refractivity contribution is 5.59. The predicted molar refractivity (Wildman–Crippen MR) is 59.4 cm³/mol. The summed E-state index contributed by atoms with van der Waals surface area (Å²) in [6.45, 7) is 3.07. The lowest BCUT2D eigenvalue weighted by Crippen LogP contribution is -2.27. The molecular weight excluding hydrogens is 186 g/mol. The molecule has 1 aliphatic rings. The monoisotopic (exact) mass is 199 g/mol. The zero-order chi connectivity index (χ0) is 10.1. The Balaban J connectivity index is 2.09. The largest absolute Gasteiger partial charge is 0.342 e. The van der Waals surface area contributed by atoms with Gasteiger partial charge in [0.1, 0.15) is 0 Å². The first kappa shape index (κ1) is 8.68. The van der Waals surface area contributed by atoms with Gasteiger partial charge in [0.05, 0.1) is 0 Å². The van der Waals surface area contributed by atoms with Crippen LogP contribution in [0.3, 0.4) is 0 Å². The third-order valence-corrected chi connectivity index (χ3v) is 2.85. The van der Waals surface area contributed by atoms with Gasteiger partial charge in [0, 0.05) is 49.0 Å². The lowest BCUT2D eigenvalue weighted by molar-refractivity contribution is 0.520. The van der Waals surface area contributed by atoms with Gasteiger partial charge in [-0.3, -0.25) is 4.98 Å². The van der Waals surface area contributed by atoms with Gasteiger partial charge in [0.25, 0.3) is 0 Å². The molecule has 0 bridgehead atoms. The van der Waals surface area contributed by atoms with Crippen LogP contribution in [-0.2, 0) is 13.1 Å². The van der Waals surface area contributed by atoms with E-state index in [1.165, 1.54) is 17.0 Å². The fourth-order valence-corrected chi connectivity index (χ4v) is 2.10. The highest BCUT2D eigenvalue weighted by Gasteiger charge is 2.12. The first-order chi connectivity index (χ1) is 7.45. The summed E-state index contributed by atoms with van der Waals surface area (Å²) < 4.78 is 2.37. The molecule has 1 aliphatic heterocycles. The van der Waals surface area contributed by atoms with Crippen LogP contribution in [-0.4, -0.2) is 16.1 Å². The van der Waals surface area contributed by atoms with Crippen LogP contribution in [0.5, 0.6) is 0 Å². The van der Waals surface area contributed by atoms with Crippen molar-refractivity contribution >= 4 is 0 Å². The van der Waals surface area contributed by atoms with Crippen LogP contribution in [0.2, 0.25) is 0 Å². The second-order valence-electron chi connectivity index (χ2n) is 3.78. The summed E-state index contributed by atoms with van der Waals surface area (Å²) >= 11 is 0. The Bertz CT molecular complexity index is 459. The molecule has 2 aromatic rings. The Labute approximate surface area is 88.8 Å². The minimum absolute atomic E-state index is 0.972. The Hall–Kier alpha value is -1.61. The second kappa shape index (κ2) is 3.51. The van der Waals surface area contributed by atoms with Crippen LogP contribution in [0.25, 0.3) is 11.3 Å². The standard InChI is InChI=1S/C12H13N3/c1-2-10(8-13-5-1)12-4-3-11-9-14-6-7-15(11)12/h1-5,8,14H,6-7,9H2. The van der Waals surface area contributed by atoms with Gasteiger partial charge in [-0.25, -0.2) is 0 Å². The number of fused-ring (bicyclic) bond motifs is 1. The Morgan fingerprint density at radius 2 is 2.27 bits per heavy atom. The molecule has 0 unspecified atom stereocenters. The molecular formula is C12H13N3. The maximum atomic E-state index is 4.16. The maximum absolute atomic E-state index is 4.16. The van der Waals surface area contributed by atoms with E-state index in [1.807, 2.05) is 18.5 Å². The Morgan fingerprint density at radius 1 is 1.27 bits per heavy atom. The molecule has 3 heterocycles. The molecule has 2 aromatic heterocycles. The molecule has 3 rings (SSSR count). The van der Waals surface area contributed by atoms with Crippen molar-refractivity contribution in [2.24, 2.45) is 0 Å². The average molecular weight is 199 g/mol. The molecule has 0 atom stereocenters. The summed E-state index contributed by atoms with van der Waals surface area (Å²) in [5, 5.41) is 3.37. The van der Waals surface area contributed by atoms with Gasteiger partial charge in [-0.05, 0) is 24.3 Å². The third kappa shape index (κ3) is 1.45. The van der Waals surface area contributed by atoms with Crippen LogP contribution in [0, 0.1) is 0 Å². The number of rotatable bonds is 1. The van der Waals surface area contributed by atoms with Gasteiger partial charge >= 0.3 is 0 Å². The lowest BCUT2D eigenvalue weighted by atomic mass is 10.2. The van der Waals surface area contributed by atoms with E-state index in [1.54, 1.807) is 0 Å². The third-order valence-electron chi connectivity index (χ3n) is 2.85. The molecule has 0 saturated carbocycles. The van der Waals surface area contributed by atoms with E-state index < -0.39 is 0 Å². The summed E-state index contributed by atoms with van der Waals surface area (Å²) in [6, 6.07) is 8.46. The Kier molecular flexibility index (Phi) is 2.03. The number of aromatic nitrogens is 2. The van der Waals surface area contributed by atoms with Crippen molar-refractivity contribution in [1.29, 1.82) is 0 Å². The fourth-order valence-electron chi connectivity index (χ4n) is 2.10. The topological polar surface area (TPSA) is 29.9 Å². The van der Waals surface area contributed by atoms with Crippen LogP contribution in [0.4, 0.5) is 0 Å². The first-order valence-corrected chi connectivity index (χ1v) is 5.25. The van der Waals surface area contributed by atoms with E-state index in [9.17, 15) is 0 Å². The zero-order valence-electron chi connectivity index (χ0n) is 8.48. The molecule has 1 N–H and O–H groups in total. The molecule has 76 valence electrons. The number of nitrogens with zero attached hydrogens (tertiary/aromatic N) is 2. The fraction of sp³-hybridized carbons (Fsp3) is 0.250. The van der Waals surface area contributed by atoms with E-state index in [4.69, 9.17) is 0 Å². The number of nitrogens with one attached hydrogen (secondary N) is 1. The van der Waals surface area contributed by atoms with Crippen LogP contribution in [0.15, 0.2) is 36.7 Å². The van der Waals surface area contributed by atoms with Crippen LogP contribution in [0.1, 0.15) is 5.69 Å². The van der Waals surface area contributed by atoms with Crippen molar-refractivity contribution in [3.05, 3.63) is 42.4 Å². The zero-order valence-corrected chi connectivity index (χ0v) is 8.48. The quantitative estimate of drug-likeness (QED) is 0.757. The molecule has 0 saturated heterocycles. The Morgan fingerprint density at radius 3 is 3.13 bits per heavy atom. The van der Waals surface area contributed by atoms with Crippen LogP contribution >= 0.6 is 0 Å². The summed E-state index contributed by atoms with van der Waals surface area (Å²) in [5.74, 6) is 0. The van der Waals surface area contributed by atoms with Crippen molar-refractivity contribution in [1.82, 2.24) is 14.9 Å². The van der Waals surface area contributed by atoms with E-state index in [2.05, 4.69) is 33.1 Å². The van der Waals surface area contributed by atoms with E-state index in [-0.39, 0.29) is 0 Å². The smallest absolute Gasteiger partial charge is 0.0498 e. The van der Waals surface area contributed by atoms with E-state index in [0.29, 0.717) is 0 Å². The normalized spacial score (nSPS) is 14.9. The molecule has 0 spiro atoms. The first-order valence-electron chi connectivity index (χ1n) is 5.25. The number of hydrogen-bond acceptors (Lipinski definition) is 2. The molecule has 0 fully saturated rings. The van der Waals surface area contributed by atoms with Gasteiger partial charge in [-0.2, -0.15) is 0 Å². The van der Waals surface area contributed by atoms with E-state index >= 15 is 0 Å². The summed E-state index contributed by atoms with van der Waals surface area (Å²) in [7, 11) is 0. The second-order valence-corrected chi connectivity index (χ2v) is 3.78. The number of hydrogen-bond donors (Lipinski definition) is 1. The predicted octanol–water partition coefficient (Wildman–Crippen LogP) is 1.65. The van der Waals surface area contributed by atoms with Gasteiger partial charge in [-0.1, -0.05) is 0 Å². The van der Waals surface area contributed by atoms with Crippen molar-refractivity contribution in [3.63, 3.8) is 0 Å². The van der Waals surface area contributed by atoms with Gasteiger partial charge in [-0.15, -0.1) is 0 Å². The van der Waals surface area contributed by atoms with Crippen molar-refractivity contribution < 1.29 is 0 Å². The summed E-state index contributed by atoms with van der Waals surface area (Å²) in [5.41, 5.74) is 3.84. The molecule has 15 heavy (non-hydrogen) atoms. The van der Waals surface area contributed by atoms with Crippen molar-refractivity contribution in [2.75, 3.05) is 6.54 Å². The molecule has 0 radical (unpaired) electrons. The van der Waals surface area contributed by atoms with E-state index in [0.717, 1.165) is 19.6 Å². The maximum Gasteiger partial charge on any atom is 0.0498 e. The van der Waals surface area contributed by atoms with Gasteiger partial charge < -0.3 is 9.88 Å². The molecule has 3 nitrogen and oxygen atoms in total. The highest BCUT2D eigenvalue weighted by Crippen LogP contribution is 2.22. The minimum Gasteiger partial charge on any atom is -0.342 e. The molecule has 0 aliphatic carbocycles. The SMILES string of the molecule is c1cncc(-c2ccc3n2CCNC3)c1. The molecule has 0 aromatic carbocycles. The van der Waals surface area contributed by atoms with Crippen LogP contribution < -0.4 is 5.32 Å². The van der Waals surface area contributed by atoms with Gasteiger partial charge in [0.2, 0.25) is 0 Å². The minimum atomic E-state index is 0.972. The number of pyridine rings is 1. The average Bonchev–Trinajstić information content (AvgIpc) is 2.74. The highest BCUT2D eigenvalue weighted by atomic mass is 15.1. The van der Waals surface area contributed by atoms with Crippen molar-refractivity contribution in [2.45, 2.75) is 13.1 Å². The molecule has 3 heteroatoms. The van der Waals surface area contributed by atoms with Crippen molar-refractivity contribution in [3.8, 4) is 11.3 Å². The molecule has 0 amide bonds. The van der Waals surface area contributed by atoms with Gasteiger partial charge in [0.15, 0.2) is 0 Å².